The minimum absolute atomic E-state index is 0.0568. The molecule has 1 heterocycles. The molecule has 0 saturated carbocycles. The van der Waals surface area contributed by atoms with Crippen LogP contribution in [-0.4, -0.2) is 24.6 Å². The standard InChI is InChI=1S/C18H19FN2O2/c1-23-16-10-4-13(5-11-16)17-3-2-12-21(17)18(22)20-15-8-6-14(19)7-9-15/h4-11,17H,2-3,12H2,1H3,(H,20,22). The van der Waals surface area contributed by atoms with Gasteiger partial charge >= 0.3 is 6.03 Å². The van der Waals surface area contributed by atoms with Gasteiger partial charge in [-0.15, -0.1) is 0 Å². The van der Waals surface area contributed by atoms with Crippen molar-refractivity contribution in [1.82, 2.24) is 4.90 Å². The van der Waals surface area contributed by atoms with Gasteiger partial charge in [0.1, 0.15) is 11.6 Å². The smallest absolute Gasteiger partial charge is 0.322 e. The van der Waals surface area contributed by atoms with Crippen LogP contribution < -0.4 is 10.1 Å². The normalized spacial score (nSPS) is 17.1. The second-order valence-electron chi connectivity index (χ2n) is 5.56. The van der Waals surface area contributed by atoms with Crippen LogP contribution in [0, 0.1) is 5.82 Å². The summed E-state index contributed by atoms with van der Waals surface area (Å²) in [5, 5.41) is 2.83. The zero-order valence-corrected chi connectivity index (χ0v) is 13.0. The highest BCUT2D eigenvalue weighted by molar-refractivity contribution is 5.89. The Kier molecular flexibility index (Phi) is 4.46. The number of halogens is 1. The Labute approximate surface area is 134 Å². The van der Waals surface area contributed by atoms with E-state index < -0.39 is 0 Å². The van der Waals surface area contributed by atoms with Crippen molar-refractivity contribution in [3.63, 3.8) is 0 Å². The summed E-state index contributed by atoms with van der Waals surface area (Å²) < 4.78 is 18.1. The monoisotopic (exact) mass is 314 g/mol. The number of urea groups is 1. The molecule has 1 N–H and O–H groups in total. The van der Waals surface area contributed by atoms with Gasteiger partial charge in [0.05, 0.1) is 13.2 Å². The van der Waals surface area contributed by atoms with Gasteiger partial charge in [0.25, 0.3) is 0 Å². The van der Waals surface area contributed by atoms with Crippen LogP contribution in [-0.2, 0) is 0 Å². The van der Waals surface area contributed by atoms with Crippen molar-refractivity contribution in [2.24, 2.45) is 0 Å². The van der Waals surface area contributed by atoms with E-state index in [4.69, 9.17) is 4.74 Å². The second-order valence-corrected chi connectivity index (χ2v) is 5.56. The van der Waals surface area contributed by atoms with Gasteiger partial charge in [-0.25, -0.2) is 9.18 Å². The molecule has 0 radical (unpaired) electrons. The van der Waals surface area contributed by atoms with E-state index >= 15 is 0 Å². The number of ether oxygens (including phenoxy) is 1. The summed E-state index contributed by atoms with van der Waals surface area (Å²) in [6, 6.07) is 13.5. The molecule has 1 saturated heterocycles. The van der Waals surface area contributed by atoms with Crippen molar-refractivity contribution < 1.29 is 13.9 Å². The fourth-order valence-electron chi connectivity index (χ4n) is 2.91. The average Bonchev–Trinajstić information content (AvgIpc) is 3.07. The van der Waals surface area contributed by atoms with Crippen LogP contribution in [0.1, 0.15) is 24.4 Å². The third-order valence-electron chi connectivity index (χ3n) is 4.11. The first kappa shape index (κ1) is 15.3. The number of rotatable bonds is 3. The molecule has 2 amide bonds. The van der Waals surface area contributed by atoms with Crippen LogP contribution in [0.25, 0.3) is 0 Å². The number of anilines is 1. The number of hydrogen-bond acceptors (Lipinski definition) is 2. The number of hydrogen-bond donors (Lipinski definition) is 1. The number of likely N-dealkylation sites (tertiary alicyclic amines) is 1. The topological polar surface area (TPSA) is 41.6 Å². The summed E-state index contributed by atoms with van der Waals surface area (Å²) >= 11 is 0. The predicted octanol–water partition coefficient (Wildman–Crippen LogP) is 4.20. The van der Waals surface area contributed by atoms with Gasteiger partial charge in [-0.2, -0.15) is 0 Å². The highest BCUT2D eigenvalue weighted by Gasteiger charge is 2.30. The molecule has 1 aliphatic heterocycles. The third-order valence-corrected chi connectivity index (χ3v) is 4.11. The Morgan fingerprint density at radius 3 is 2.52 bits per heavy atom. The lowest BCUT2D eigenvalue weighted by molar-refractivity contribution is 0.207. The first-order chi connectivity index (χ1) is 11.2. The van der Waals surface area contributed by atoms with E-state index in [0.717, 1.165) is 24.2 Å². The van der Waals surface area contributed by atoms with Gasteiger partial charge in [0, 0.05) is 12.2 Å². The van der Waals surface area contributed by atoms with Crippen LogP contribution in [0.4, 0.5) is 14.9 Å². The fourth-order valence-corrected chi connectivity index (χ4v) is 2.91. The maximum atomic E-state index is 12.9. The molecule has 2 aromatic carbocycles. The van der Waals surface area contributed by atoms with Gasteiger partial charge in [-0.05, 0) is 54.8 Å². The zero-order chi connectivity index (χ0) is 16.2. The maximum Gasteiger partial charge on any atom is 0.322 e. The van der Waals surface area contributed by atoms with Gasteiger partial charge in [0.15, 0.2) is 0 Å². The largest absolute Gasteiger partial charge is 0.497 e. The summed E-state index contributed by atoms with van der Waals surface area (Å²) in [5.41, 5.74) is 1.69. The Balaban J connectivity index is 1.72. The molecule has 0 spiro atoms. The van der Waals surface area contributed by atoms with Gasteiger partial charge in [-0.3, -0.25) is 0 Å². The number of nitrogens with zero attached hydrogens (tertiary/aromatic N) is 1. The average molecular weight is 314 g/mol. The van der Waals surface area contributed by atoms with Crippen molar-refractivity contribution in [2.45, 2.75) is 18.9 Å². The molecule has 1 aliphatic rings. The Bertz CT molecular complexity index is 670. The molecule has 1 unspecified atom stereocenters. The van der Waals surface area contributed by atoms with Gasteiger partial charge in [-0.1, -0.05) is 12.1 Å². The predicted molar refractivity (Wildman–Crippen MR) is 87.1 cm³/mol. The molecule has 3 rings (SSSR count). The van der Waals surface area contributed by atoms with E-state index in [2.05, 4.69) is 5.32 Å². The summed E-state index contributed by atoms with van der Waals surface area (Å²) in [6.45, 7) is 0.712. The molecule has 0 aromatic heterocycles. The van der Waals surface area contributed by atoms with Crippen molar-refractivity contribution in [3.8, 4) is 5.75 Å². The molecule has 2 aromatic rings. The lowest BCUT2D eigenvalue weighted by Gasteiger charge is -2.25. The molecule has 4 nitrogen and oxygen atoms in total. The summed E-state index contributed by atoms with van der Waals surface area (Å²) in [4.78, 5) is 14.3. The summed E-state index contributed by atoms with van der Waals surface area (Å²) in [5.74, 6) is 0.481. The molecule has 1 fully saturated rings. The van der Waals surface area contributed by atoms with E-state index in [1.165, 1.54) is 12.1 Å². The van der Waals surface area contributed by atoms with Crippen LogP contribution >= 0.6 is 0 Å². The quantitative estimate of drug-likeness (QED) is 0.922. The Morgan fingerprint density at radius 2 is 1.87 bits per heavy atom. The third kappa shape index (κ3) is 3.44. The number of benzene rings is 2. The number of carbonyl (C=O) groups is 1. The lowest BCUT2D eigenvalue weighted by atomic mass is 10.0. The summed E-state index contributed by atoms with van der Waals surface area (Å²) in [7, 11) is 1.63. The lowest BCUT2D eigenvalue weighted by Crippen LogP contribution is -2.34. The van der Waals surface area contributed by atoms with Crippen LogP contribution in [0.5, 0.6) is 5.75 Å². The van der Waals surface area contributed by atoms with E-state index in [-0.39, 0.29) is 17.9 Å². The Morgan fingerprint density at radius 1 is 1.17 bits per heavy atom. The van der Waals surface area contributed by atoms with Crippen molar-refractivity contribution >= 4 is 11.7 Å². The first-order valence-electron chi connectivity index (χ1n) is 7.64. The zero-order valence-electron chi connectivity index (χ0n) is 13.0. The molecule has 120 valence electrons. The molecule has 23 heavy (non-hydrogen) atoms. The highest BCUT2D eigenvalue weighted by Crippen LogP contribution is 2.33. The Hall–Kier alpha value is -2.56. The summed E-state index contributed by atoms with van der Waals surface area (Å²) in [6.07, 6.45) is 1.90. The molecule has 1 atom stereocenters. The SMILES string of the molecule is COc1ccc(C2CCCN2C(=O)Nc2ccc(F)cc2)cc1. The van der Waals surface area contributed by atoms with Crippen LogP contribution in [0.3, 0.4) is 0 Å². The fraction of sp³-hybridized carbons (Fsp3) is 0.278. The number of carbonyl (C=O) groups excluding carboxylic acids is 1. The molecule has 5 heteroatoms. The molecule has 0 aliphatic carbocycles. The van der Waals surface area contributed by atoms with E-state index in [0.29, 0.717) is 12.2 Å². The number of amides is 2. The van der Waals surface area contributed by atoms with E-state index in [1.807, 2.05) is 29.2 Å². The minimum atomic E-state index is -0.319. The highest BCUT2D eigenvalue weighted by atomic mass is 19.1. The van der Waals surface area contributed by atoms with Crippen molar-refractivity contribution in [1.29, 1.82) is 0 Å². The van der Waals surface area contributed by atoms with E-state index in [1.54, 1.807) is 19.2 Å². The van der Waals surface area contributed by atoms with Crippen LogP contribution in [0.2, 0.25) is 0 Å². The van der Waals surface area contributed by atoms with Gasteiger partial charge in [0.2, 0.25) is 0 Å². The molecule has 0 bridgehead atoms. The first-order valence-corrected chi connectivity index (χ1v) is 7.64. The second kappa shape index (κ2) is 6.69. The number of nitrogens with one attached hydrogen (secondary N) is 1. The molecular formula is C18H19FN2O2. The molecular weight excluding hydrogens is 295 g/mol. The van der Waals surface area contributed by atoms with E-state index in [9.17, 15) is 9.18 Å². The minimum Gasteiger partial charge on any atom is -0.497 e. The maximum absolute atomic E-state index is 12.9. The van der Waals surface area contributed by atoms with Crippen LogP contribution in [0.15, 0.2) is 48.5 Å². The number of methoxy groups -OCH3 is 1. The van der Waals surface area contributed by atoms with Crippen molar-refractivity contribution in [3.05, 3.63) is 59.9 Å². The van der Waals surface area contributed by atoms with Gasteiger partial charge < -0.3 is 15.0 Å². The van der Waals surface area contributed by atoms with Crippen molar-refractivity contribution in [2.75, 3.05) is 19.0 Å².